The van der Waals surface area contributed by atoms with Gasteiger partial charge in [-0.1, -0.05) is 36.8 Å². The second-order valence-corrected chi connectivity index (χ2v) is 8.83. The number of benzene rings is 1. The number of likely N-dealkylation sites (tertiary alicyclic amines) is 1. The highest BCUT2D eigenvalue weighted by Crippen LogP contribution is 2.19. The normalized spacial score (nSPS) is 17.4. The van der Waals surface area contributed by atoms with Crippen LogP contribution in [-0.4, -0.2) is 41.5 Å². The van der Waals surface area contributed by atoms with E-state index in [0.29, 0.717) is 19.1 Å². The molecule has 1 atom stereocenters. The molecule has 1 saturated heterocycles. The number of rotatable bonds is 8. The summed E-state index contributed by atoms with van der Waals surface area (Å²) in [7, 11) is 0. The van der Waals surface area contributed by atoms with E-state index in [2.05, 4.69) is 35.5 Å². The monoisotopic (exact) mass is 399 g/mol. The van der Waals surface area contributed by atoms with Gasteiger partial charge in [0.15, 0.2) is 0 Å². The molecule has 28 heavy (non-hydrogen) atoms. The molecule has 1 N–H and O–H groups in total. The first-order chi connectivity index (χ1) is 13.6. The van der Waals surface area contributed by atoms with E-state index in [9.17, 15) is 4.79 Å². The molecule has 1 unspecified atom stereocenters. The number of thiophene rings is 1. The van der Waals surface area contributed by atoms with E-state index < -0.39 is 0 Å². The number of nitrogens with zero attached hydrogens (tertiary/aromatic N) is 2. The molecule has 1 fully saturated rings. The van der Waals surface area contributed by atoms with Gasteiger partial charge in [0.25, 0.3) is 0 Å². The molecule has 1 aromatic carbocycles. The summed E-state index contributed by atoms with van der Waals surface area (Å²) < 4.78 is 0. The zero-order valence-electron chi connectivity index (χ0n) is 17.2. The molecule has 1 aliphatic rings. The van der Waals surface area contributed by atoms with E-state index >= 15 is 0 Å². The van der Waals surface area contributed by atoms with Crippen LogP contribution in [0.5, 0.6) is 0 Å². The molecule has 3 rings (SSSR count). The van der Waals surface area contributed by atoms with Crippen LogP contribution in [0.2, 0.25) is 0 Å². The second-order valence-electron chi connectivity index (χ2n) is 7.83. The van der Waals surface area contributed by atoms with Crippen molar-refractivity contribution < 1.29 is 4.79 Å². The summed E-state index contributed by atoms with van der Waals surface area (Å²) in [6, 6.07) is 12.9. The zero-order valence-corrected chi connectivity index (χ0v) is 18.0. The van der Waals surface area contributed by atoms with Crippen LogP contribution in [0.3, 0.4) is 0 Å². The molecule has 2 heterocycles. The van der Waals surface area contributed by atoms with Crippen molar-refractivity contribution in [3.8, 4) is 0 Å². The van der Waals surface area contributed by atoms with E-state index in [4.69, 9.17) is 0 Å². The molecule has 0 spiro atoms. The van der Waals surface area contributed by atoms with E-state index in [0.717, 1.165) is 25.1 Å². The summed E-state index contributed by atoms with van der Waals surface area (Å²) >= 11 is 1.74. The minimum absolute atomic E-state index is 0.0309. The van der Waals surface area contributed by atoms with Crippen LogP contribution in [0, 0.1) is 6.92 Å². The van der Waals surface area contributed by atoms with Crippen LogP contribution in [0.4, 0.5) is 4.79 Å². The Bertz CT molecular complexity index is 730. The van der Waals surface area contributed by atoms with Gasteiger partial charge in [-0.2, -0.15) is 0 Å². The Kier molecular flexibility index (Phi) is 7.92. The van der Waals surface area contributed by atoms with E-state index in [-0.39, 0.29) is 6.03 Å². The maximum Gasteiger partial charge on any atom is 0.317 e. The number of carbonyl (C=O) groups excluding carboxylic acids is 1. The lowest BCUT2D eigenvalue weighted by Gasteiger charge is -2.34. The summed E-state index contributed by atoms with van der Waals surface area (Å²) in [5.41, 5.74) is 2.40. The van der Waals surface area contributed by atoms with E-state index in [1.807, 2.05) is 35.2 Å². The predicted octanol–water partition coefficient (Wildman–Crippen LogP) is 5.03. The van der Waals surface area contributed by atoms with Gasteiger partial charge in [-0.15, -0.1) is 11.3 Å². The summed E-state index contributed by atoms with van der Waals surface area (Å²) in [4.78, 5) is 18.8. The van der Waals surface area contributed by atoms with Crippen LogP contribution >= 0.6 is 11.3 Å². The van der Waals surface area contributed by atoms with Crippen molar-refractivity contribution in [2.75, 3.05) is 19.6 Å². The maximum absolute atomic E-state index is 12.9. The molecule has 2 aromatic rings. The van der Waals surface area contributed by atoms with Crippen molar-refractivity contribution >= 4 is 17.4 Å². The number of nitrogens with one attached hydrogen (secondary N) is 1. The Morgan fingerprint density at radius 2 is 2.07 bits per heavy atom. The summed E-state index contributed by atoms with van der Waals surface area (Å²) in [6.07, 6.45) is 4.98. The Morgan fingerprint density at radius 3 is 2.79 bits per heavy atom. The minimum Gasteiger partial charge on any atom is -0.334 e. The summed E-state index contributed by atoms with van der Waals surface area (Å²) in [5, 5.41) is 5.22. The number of aryl methyl sites for hydroxylation is 1. The fraction of sp³-hybridized carbons (Fsp3) is 0.522. The molecule has 0 saturated carbocycles. The van der Waals surface area contributed by atoms with Gasteiger partial charge in [0.05, 0.1) is 6.54 Å². The average Bonchev–Trinajstić information content (AvgIpc) is 3.12. The summed E-state index contributed by atoms with van der Waals surface area (Å²) in [6.45, 7) is 8.79. The van der Waals surface area contributed by atoms with Crippen LogP contribution in [0.1, 0.15) is 48.6 Å². The van der Waals surface area contributed by atoms with Gasteiger partial charge < -0.3 is 15.1 Å². The lowest BCUT2D eigenvalue weighted by Crippen LogP contribution is -2.42. The van der Waals surface area contributed by atoms with Crippen molar-refractivity contribution in [3.63, 3.8) is 0 Å². The second kappa shape index (κ2) is 10.6. The third-order valence-electron chi connectivity index (χ3n) is 5.69. The van der Waals surface area contributed by atoms with Gasteiger partial charge in [0.1, 0.15) is 0 Å². The molecule has 2 amide bonds. The third kappa shape index (κ3) is 6.08. The molecule has 5 heteroatoms. The standard InChI is InChI=1S/C23H33N3OS/c1-19-12-16-28-22(19)18-26(15-8-14-25-13-7-6-9-20(25)2)23(27)24-17-21-10-4-3-5-11-21/h3-5,10-12,16,20H,6-9,13-15,17-18H2,1-2H3,(H,24,27). The van der Waals surface area contributed by atoms with Crippen molar-refractivity contribution in [1.29, 1.82) is 0 Å². The molecular weight excluding hydrogens is 366 g/mol. The highest BCUT2D eigenvalue weighted by molar-refractivity contribution is 7.10. The first kappa shape index (κ1) is 20.9. The van der Waals surface area contributed by atoms with E-state index in [1.54, 1.807) is 11.3 Å². The Labute approximate surface area is 173 Å². The van der Waals surface area contributed by atoms with Gasteiger partial charge in [0, 0.05) is 30.6 Å². The van der Waals surface area contributed by atoms with Gasteiger partial charge in [0.2, 0.25) is 0 Å². The molecule has 4 nitrogen and oxygen atoms in total. The van der Waals surface area contributed by atoms with Crippen molar-refractivity contribution in [3.05, 3.63) is 57.8 Å². The van der Waals surface area contributed by atoms with Crippen LogP contribution < -0.4 is 5.32 Å². The highest BCUT2D eigenvalue weighted by Gasteiger charge is 2.19. The lowest BCUT2D eigenvalue weighted by molar-refractivity contribution is 0.148. The van der Waals surface area contributed by atoms with Crippen LogP contribution in [-0.2, 0) is 13.1 Å². The SMILES string of the molecule is Cc1ccsc1CN(CCCN1CCCCC1C)C(=O)NCc1ccccc1. The number of hydrogen-bond donors (Lipinski definition) is 1. The molecule has 0 bridgehead atoms. The van der Waals surface area contributed by atoms with Crippen LogP contribution in [0.15, 0.2) is 41.8 Å². The number of piperidine rings is 1. The fourth-order valence-corrected chi connectivity index (χ4v) is 4.75. The Balaban J connectivity index is 1.56. The molecule has 1 aliphatic heterocycles. The molecule has 152 valence electrons. The average molecular weight is 400 g/mol. The Hall–Kier alpha value is -1.85. The van der Waals surface area contributed by atoms with Crippen molar-refractivity contribution in [1.82, 2.24) is 15.1 Å². The topological polar surface area (TPSA) is 35.6 Å². The molecule has 1 aromatic heterocycles. The lowest BCUT2D eigenvalue weighted by atomic mass is 10.0. The molecule has 0 aliphatic carbocycles. The van der Waals surface area contributed by atoms with Gasteiger partial charge in [-0.25, -0.2) is 4.79 Å². The third-order valence-corrected chi connectivity index (χ3v) is 6.70. The number of hydrogen-bond acceptors (Lipinski definition) is 3. The number of amides is 2. The largest absolute Gasteiger partial charge is 0.334 e. The molecule has 0 radical (unpaired) electrons. The number of carbonyl (C=O) groups is 1. The van der Waals surface area contributed by atoms with Gasteiger partial charge in [-0.05, 0) is 62.2 Å². The van der Waals surface area contributed by atoms with Crippen molar-refractivity contribution in [2.45, 2.75) is 58.7 Å². The Morgan fingerprint density at radius 1 is 1.25 bits per heavy atom. The fourth-order valence-electron chi connectivity index (χ4n) is 3.83. The maximum atomic E-state index is 12.9. The quantitative estimate of drug-likeness (QED) is 0.675. The number of urea groups is 1. The van der Waals surface area contributed by atoms with Gasteiger partial charge >= 0.3 is 6.03 Å². The highest BCUT2D eigenvalue weighted by atomic mass is 32.1. The molecular formula is C23H33N3OS. The van der Waals surface area contributed by atoms with Gasteiger partial charge in [-0.3, -0.25) is 0 Å². The predicted molar refractivity (Wildman–Crippen MR) is 118 cm³/mol. The smallest absolute Gasteiger partial charge is 0.317 e. The zero-order chi connectivity index (χ0) is 19.8. The van der Waals surface area contributed by atoms with Crippen molar-refractivity contribution in [2.24, 2.45) is 0 Å². The minimum atomic E-state index is 0.0309. The van der Waals surface area contributed by atoms with E-state index in [1.165, 1.54) is 36.2 Å². The summed E-state index contributed by atoms with van der Waals surface area (Å²) in [5.74, 6) is 0. The first-order valence-electron chi connectivity index (χ1n) is 10.5. The van der Waals surface area contributed by atoms with Crippen LogP contribution in [0.25, 0.3) is 0 Å². The first-order valence-corrected chi connectivity index (χ1v) is 11.3.